The fourth-order valence-electron chi connectivity index (χ4n) is 4.49. The van der Waals surface area contributed by atoms with Crippen molar-refractivity contribution in [2.24, 2.45) is 0 Å². The van der Waals surface area contributed by atoms with E-state index in [9.17, 15) is 14.4 Å². The van der Waals surface area contributed by atoms with Crippen molar-refractivity contribution in [3.8, 4) is 0 Å². The van der Waals surface area contributed by atoms with Crippen LogP contribution in [0, 0.1) is 0 Å². The summed E-state index contributed by atoms with van der Waals surface area (Å²) in [5.41, 5.74) is 2.15. The Balaban J connectivity index is 1.49. The zero-order chi connectivity index (χ0) is 25.1. The van der Waals surface area contributed by atoms with E-state index in [4.69, 9.17) is 23.2 Å². The molecule has 0 aliphatic carbocycles. The van der Waals surface area contributed by atoms with E-state index in [1.165, 1.54) is 4.90 Å². The van der Waals surface area contributed by atoms with E-state index in [0.29, 0.717) is 40.7 Å². The average molecular weight is 512 g/mol. The molecule has 0 unspecified atom stereocenters. The molecular weight excluding hydrogens is 485 g/mol. The quantitative estimate of drug-likeness (QED) is 0.415. The summed E-state index contributed by atoms with van der Waals surface area (Å²) in [6, 6.07) is 16.0. The second-order valence-electron chi connectivity index (χ2n) is 8.53. The van der Waals surface area contributed by atoms with Gasteiger partial charge in [-0.2, -0.15) is 0 Å². The number of nitrogens with zero attached hydrogens (tertiary/aromatic N) is 2. The number of carbonyl (C=O) groups excluding carboxylic acids is 3. The molecule has 8 heteroatoms. The minimum absolute atomic E-state index is 0.0559. The van der Waals surface area contributed by atoms with E-state index in [2.05, 4.69) is 5.32 Å². The van der Waals surface area contributed by atoms with Crippen molar-refractivity contribution >= 4 is 57.4 Å². The standard InChI is InChI=1S/C27H27Cl2N3O3/c1-3-30-26(34)17(2)32(16-20-21(28)11-6-12-22(20)29)24(33)14-7-15-31-23-13-5-9-18-8-4-10-19(25(18)23)27(31)35/h4-6,8-13,17H,3,7,14-16H2,1-2H3,(H,30,34)/t17-/m1/s1. The first-order chi connectivity index (χ1) is 16.8. The number of hydrogen-bond donors (Lipinski definition) is 1. The van der Waals surface area contributed by atoms with Gasteiger partial charge in [-0.1, -0.05) is 53.5 Å². The van der Waals surface area contributed by atoms with Crippen LogP contribution in [0.3, 0.4) is 0 Å². The molecule has 0 aromatic heterocycles. The topological polar surface area (TPSA) is 69.7 Å². The summed E-state index contributed by atoms with van der Waals surface area (Å²) in [5, 5.41) is 5.61. The molecule has 1 N–H and O–H groups in total. The maximum absolute atomic E-state index is 13.3. The first kappa shape index (κ1) is 25.0. The van der Waals surface area contributed by atoms with Crippen LogP contribution in [0.15, 0.2) is 54.6 Å². The van der Waals surface area contributed by atoms with E-state index in [-0.39, 0.29) is 30.7 Å². The van der Waals surface area contributed by atoms with Crippen molar-refractivity contribution in [3.63, 3.8) is 0 Å². The molecule has 4 rings (SSSR count). The normalized spacial score (nSPS) is 13.3. The lowest BCUT2D eigenvalue weighted by Crippen LogP contribution is -2.47. The lowest BCUT2D eigenvalue weighted by atomic mass is 10.1. The highest BCUT2D eigenvalue weighted by atomic mass is 35.5. The number of anilines is 1. The van der Waals surface area contributed by atoms with Crippen molar-refractivity contribution < 1.29 is 14.4 Å². The first-order valence-electron chi connectivity index (χ1n) is 11.7. The molecule has 1 heterocycles. The Labute approximate surface area is 214 Å². The average Bonchev–Trinajstić information content (AvgIpc) is 3.11. The molecule has 0 radical (unpaired) electrons. The van der Waals surface area contributed by atoms with Gasteiger partial charge in [0.15, 0.2) is 0 Å². The Kier molecular flexibility index (Phi) is 7.63. The molecule has 3 aromatic rings. The van der Waals surface area contributed by atoms with Crippen LogP contribution in [0.1, 0.15) is 42.6 Å². The van der Waals surface area contributed by atoms with Gasteiger partial charge in [-0.3, -0.25) is 14.4 Å². The van der Waals surface area contributed by atoms with Gasteiger partial charge in [-0.25, -0.2) is 0 Å². The second kappa shape index (κ2) is 10.7. The van der Waals surface area contributed by atoms with Crippen LogP contribution in [0.2, 0.25) is 10.0 Å². The zero-order valence-electron chi connectivity index (χ0n) is 19.7. The van der Waals surface area contributed by atoms with Gasteiger partial charge < -0.3 is 15.1 Å². The van der Waals surface area contributed by atoms with Gasteiger partial charge in [0, 0.05) is 52.6 Å². The second-order valence-corrected chi connectivity index (χ2v) is 9.35. The van der Waals surface area contributed by atoms with Crippen LogP contribution >= 0.6 is 23.2 Å². The summed E-state index contributed by atoms with van der Waals surface area (Å²) in [4.78, 5) is 42.2. The molecule has 0 fully saturated rings. The van der Waals surface area contributed by atoms with Crippen molar-refractivity contribution in [1.29, 1.82) is 0 Å². The lowest BCUT2D eigenvalue weighted by molar-refractivity contribution is -0.140. The number of carbonyl (C=O) groups is 3. The minimum Gasteiger partial charge on any atom is -0.355 e. The largest absolute Gasteiger partial charge is 0.355 e. The number of benzene rings is 3. The number of rotatable bonds is 9. The number of amides is 3. The van der Waals surface area contributed by atoms with E-state index in [1.54, 1.807) is 30.0 Å². The van der Waals surface area contributed by atoms with Crippen LogP contribution in [-0.2, 0) is 16.1 Å². The summed E-state index contributed by atoms with van der Waals surface area (Å²) in [6.07, 6.45) is 0.617. The highest BCUT2D eigenvalue weighted by Gasteiger charge is 2.30. The number of likely N-dealkylation sites (N-methyl/N-ethyl adjacent to an activating group) is 1. The van der Waals surface area contributed by atoms with Crippen molar-refractivity contribution in [1.82, 2.24) is 10.2 Å². The predicted octanol–water partition coefficient (Wildman–Crippen LogP) is 5.44. The van der Waals surface area contributed by atoms with Gasteiger partial charge in [0.05, 0.1) is 5.69 Å². The van der Waals surface area contributed by atoms with Gasteiger partial charge in [0.2, 0.25) is 11.8 Å². The third-order valence-corrected chi connectivity index (χ3v) is 7.04. The third kappa shape index (κ3) is 5.00. The van der Waals surface area contributed by atoms with Gasteiger partial charge in [0.25, 0.3) is 5.91 Å². The molecule has 6 nitrogen and oxygen atoms in total. The van der Waals surface area contributed by atoms with Gasteiger partial charge in [-0.05, 0) is 49.9 Å². The van der Waals surface area contributed by atoms with Crippen LogP contribution in [0.4, 0.5) is 5.69 Å². The van der Waals surface area contributed by atoms with Crippen molar-refractivity contribution in [2.45, 2.75) is 39.3 Å². The zero-order valence-corrected chi connectivity index (χ0v) is 21.2. The lowest BCUT2D eigenvalue weighted by Gasteiger charge is -2.29. The fourth-order valence-corrected chi connectivity index (χ4v) is 5.01. The van der Waals surface area contributed by atoms with Crippen molar-refractivity contribution in [3.05, 3.63) is 75.8 Å². The maximum Gasteiger partial charge on any atom is 0.258 e. The van der Waals surface area contributed by atoms with E-state index < -0.39 is 6.04 Å². The molecule has 3 aromatic carbocycles. The molecule has 35 heavy (non-hydrogen) atoms. The first-order valence-corrected chi connectivity index (χ1v) is 12.4. The number of nitrogens with one attached hydrogen (secondary N) is 1. The Hall–Kier alpha value is -3.09. The third-order valence-electron chi connectivity index (χ3n) is 6.33. The summed E-state index contributed by atoms with van der Waals surface area (Å²) in [7, 11) is 0. The monoisotopic (exact) mass is 511 g/mol. The molecule has 182 valence electrons. The molecule has 0 bridgehead atoms. The van der Waals surface area contributed by atoms with Crippen LogP contribution in [0.25, 0.3) is 10.8 Å². The predicted molar refractivity (Wildman–Crippen MR) is 140 cm³/mol. The molecule has 3 amide bonds. The number of hydrogen-bond acceptors (Lipinski definition) is 3. The highest BCUT2D eigenvalue weighted by Crippen LogP contribution is 2.37. The Bertz CT molecular complexity index is 1270. The SMILES string of the molecule is CCNC(=O)[C@@H](C)N(Cc1c(Cl)cccc1Cl)C(=O)CCCN1C(=O)c2cccc3cccc1c23. The molecule has 1 aliphatic rings. The highest BCUT2D eigenvalue weighted by molar-refractivity contribution is 6.36. The fraction of sp³-hybridized carbons (Fsp3) is 0.296. The molecule has 1 atom stereocenters. The van der Waals surface area contributed by atoms with E-state index >= 15 is 0 Å². The molecule has 0 spiro atoms. The molecule has 0 saturated heterocycles. The van der Waals surface area contributed by atoms with E-state index in [1.807, 2.05) is 43.3 Å². The van der Waals surface area contributed by atoms with Crippen LogP contribution in [0.5, 0.6) is 0 Å². The van der Waals surface area contributed by atoms with Gasteiger partial charge >= 0.3 is 0 Å². The minimum atomic E-state index is -0.707. The smallest absolute Gasteiger partial charge is 0.258 e. The molecule has 1 aliphatic heterocycles. The maximum atomic E-state index is 13.3. The molecule has 0 saturated carbocycles. The summed E-state index contributed by atoms with van der Waals surface area (Å²) < 4.78 is 0. The van der Waals surface area contributed by atoms with Gasteiger partial charge in [0.1, 0.15) is 6.04 Å². The Morgan fingerprint density at radius 3 is 2.37 bits per heavy atom. The summed E-state index contributed by atoms with van der Waals surface area (Å²) in [6.45, 7) is 4.49. The van der Waals surface area contributed by atoms with Gasteiger partial charge in [-0.15, -0.1) is 0 Å². The van der Waals surface area contributed by atoms with Crippen LogP contribution in [-0.4, -0.2) is 41.8 Å². The Morgan fingerprint density at radius 1 is 1.03 bits per heavy atom. The molecular formula is C27H27Cl2N3O3. The summed E-state index contributed by atoms with van der Waals surface area (Å²) in [5.74, 6) is -0.511. The number of halogens is 2. The van der Waals surface area contributed by atoms with E-state index in [0.717, 1.165) is 16.5 Å². The Morgan fingerprint density at radius 2 is 1.69 bits per heavy atom. The van der Waals surface area contributed by atoms with Crippen molar-refractivity contribution in [2.75, 3.05) is 18.0 Å². The summed E-state index contributed by atoms with van der Waals surface area (Å²) >= 11 is 12.7. The van der Waals surface area contributed by atoms with Crippen LogP contribution < -0.4 is 10.2 Å².